The normalized spacial score (nSPS) is 12.8. The molecule has 0 spiro atoms. The maximum absolute atomic E-state index is 8.43. The van der Waals surface area contributed by atoms with Crippen molar-refractivity contribution in [2.24, 2.45) is 0 Å². The van der Waals surface area contributed by atoms with Gasteiger partial charge >= 0.3 is 0 Å². The molecule has 9 rings (SSSR count). The lowest BCUT2D eigenvalue weighted by Crippen LogP contribution is -2.01. The Balaban J connectivity index is 1.16. The van der Waals surface area contributed by atoms with Gasteiger partial charge in [-0.2, -0.15) is 0 Å². The van der Waals surface area contributed by atoms with Gasteiger partial charge in [0.05, 0.1) is 6.85 Å². The van der Waals surface area contributed by atoms with Gasteiger partial charge in [0.1, 0.15) is 0 Å². The Morgan fingerprint density at radius 1 is 0.333 bits per heavy atom. The quantitative estimate of drug-likeness (QED) is 0.193. The van der Waals surface area contributed by atoms with Crippen molar-refractivity contribution >= 4 is 32.3 Å². The fourth-order valence-corrected chi connectivity index (χ4v) is 6.40. The molecule has 0 amide bonds. The first-order valence-corrected chi connectivity index (χ1v) is 15.8. The predicted molar refractivity (Wildman–Crippen MR) is 200 cm³/mol. The van der Waals surface area contributed by atoms with Gasteiger partial charge in [-0.25, -0.2) is 15.0 Å². The lowest BCUT2D eigenvalue weighted by molar-refractivity contribution is 1.08. The van der Waals surface area contributed by atoms with E-state index in [4.69, 9.17) is 21.8 Å². The molecule has 8 aromatic carbocycles. The van der Waals surface area contributed by atoms with E-state index in [1.54, 1.807) is 0 Å². The van der Waals surface area contributed by atoms with Crippen molar-refractivity contribution in [2.75, 3.05) is 0 Å². The summed E-state index contributed by atoms with van der Waals surface area (Å²) in [5, 5.41) is 6.20. The van der Waals surface area contributed by atoms with E-state index in [2.05, 4.69) is 66.7 Å². The second-order valence-electron chi connectivity index (χ2n) is 11.7. The highest BCUT2D eigenvalue weighted by molar-refractivity contribution is 5.98. The van der Waals surface area contributed by atoms with Gasteiger partial charge in [0.25, 0.3) is 0 Å². The molecule has 0 atom stereocenters. The number of aromatic nitrogens is 3. The fourth-order valence-electron chi connectivity index (χ4n) is 6.40. The van der Waals surface area contributed by atoms with Gasteiger partial charge in [-0.05, 0) is 72.8 Å². The lowest BCUT2D eigenvalue weighted by atomic mass is 9.97. The first-order chi connectivity index (χ1) is 25.8. The molecular weight excluding hydrogens is 583 g/mol. The highest BCUT2D eigenvalue weighted by Crippen LogP contribution is 2.34. The van der Waals surface area contributed by atoms with Crippen molar-refractivity contribution in [3.8, 4) is 56.4 Å². The van der Waals surface area contributed by atoms with Crippen molar-refractivity contribution in [2.45, 2.75) is 0 Å². The van der Waals surface area contributed by atoms with Crippen molar-refractivity contribution in [1.29, 1.82) is 0 Å². The molecule has 0 saturated heterocycles. The zero-order valence-corrected chi connectivity index (χ0v) is 25.7. The van der Waals surface area contributed by atoms with Crippen LogP contribution < -0.4 is 0 Å². The summed E-state index contributed by atoms with van der Waals surface area (Å²) in [5.74, 6) is 1.76. The number of benzene rings is 8. The van der Waals surface area contributed by atoms with Gasteiger partial charge in [-0.1, -0.05) is 158 Å². The summed E-state index contributed by atoms with van der Waals surface area (Å²) in [6, 6.07) is 47.3. The van der Waals surface area contributed by atoms with Crippen LogP contribution >= 0.6 is 0 Å². The monoisotopic (exact) mass is 616 g/mol. The Labute approximate surface area is 285 Å². The summed E-state index contributed by atoms with van der Waals surface area (Å²) in [5.41, 5.74) is 5.46. The Morgan fingerprint density at radius 2 is 0.812 bits per heavy atom. The van der Waals surface area contributed by atoms with E-state index in [0.717, 1.165) is 60.1 Å². The minimum absolute atomic E-state index is 0.192. The Bertz CT molecular complexity index is 2790. The topological polar surface area (TPSA) is 38.7 Å². The molecule has 0 bridgehead atoms. The zero-order valence-electron chi connectivity index (χ0n) is 30.7. The largest absolute Gasteiger partial charge is 0.208 e. The third-order valence-corrected chi connectivity index (χ3v) is 8.78. The molecule has 1 heterocycles. The zero-order chi connectivity index (χ0) is 36.2. The Kier molecular flexibility index (Phi) is 5.61. The van der Waals surface area contributed by atoms with E-state index in [-0.39, 0.29) is 29.7 Å². The minimum Gasteiger partial charge on any atom is -0.208 e. The van der Waals surface area contributed by atoms with Crippen LogP contribution in [0.15, 0.2) is 176 Å². The highest BCUT2D eigenvalue weighted by Gasteiger charge is 2.16. The molecule has 0 radical (unpaired) electrons. The number of nitrogens with zero attached hydrogens (tertiary/aromatic N) is 3. The molecule has 0 aliphatic heterocycles. The van der Waals surface area contributed by atoms with E-state index < -0.39 is 6.04 Å². The minimum atomic E-state index is -0.400. The number of rotatable bonds is 5. The average Bonchev–Trinajstić information content (AvgIpc) is 3.21. The summed E-state index contributed by atoms with van der Waals surface area (Å²) >= 11 is 0. The van der Waals surface area contributed by atoms with E-state index >= 15 is 0 Å². The molecule has 9 aromatic rings. The standard InChI is InChI=1S/C45H29N3/c1-2-11-30(12-3-1)34-23-24-37-28-35(25-26-36(37)27-34)33-17-8-18-38(29-33)43-46-44(41-21-9-15-31-13-4-6-19-39(31)41)48-45(47-43)42-22-10-16-32-14-5-7-20-40(32)42/h1-29H/i1D,2D,3D,11D,12D. The van der Waals surface area contributed by atoms with Crippen LogP contribution in [0.2, 0.25) is 0 Å². The summed E-state index contributed by atoms with van der Waals surface area (Å²) in [6.07, 6.45) is 0. The summed E-state index contributed by atoms with van der Waals surface area (Å²) < 4.78 is 41.0. The van der Waals surface area contributed by atoms with Gasteiger partial charge < -0.3 is 0 Å². The van der Waals surface area contributed by atoms with E-state index in [1.807, 2.05) is 78.9 Å². The lowest BCUT2D eigenvalue weighted by Gasteiger charge is -2.12. The third kappa shape index (κ3) is 5.08. The Hall–Kier alpha value is -6.45. The summed E-state index contributed by atoms with van der Waals surface area (Å²) in [7, 11) is 0. The molecule has 0 fully saturated rings. The van der Waals surface area contributed by atoms with E-state index in [0.29, 0.717) is 23.0 Å². The second-order valence-corrected chi connectivity index (χ2v) is 11.7. The van der Waals surface area contributed by atoms with Crippen LogP contribution in [0.4, 0.5) is 0 Å². The molecule has 0 aliphatic rings. The summed E-state index contributed by atoms with van der Waals surface area (Å²) in [6.45, 7) is 0. The highest BCUT2D eigenvalue weighted by atomic mass is 15.0. The van der Waals surface area contributed by atoms with Crippen LogP contribution in [0.1, 0.15) is 6.85 Å². The molecular formula is C45H29N3. The molecule has 0 unspecified atom stereocenters. The molecule has 0 saturated carbocycles. The maximum atomic E-state index is 8.43. The van der Waals surface area contributed by atoms with Crippen LogP contribution in [-0.4, -0.2) is 15.0 Å². The van der Waals surface area contributed by atoms with E-state index in [1.165, 1.54) is 0 Å². The van der Waals surface area contributed by atoms with Crippen LogP contribution in [0.3, 0.4) is 0 Å². The Morgan fingerprint density at radius 3 is 1.44 bits per heavy atom. The first-order valence-electron chi connectivity index (χ1n) is 18.3. The van der Waals surface area contributed by atoms with Crippen molar-refractivity contribution in [1.82, 2.24) is 15.0 Å². The molecule has 48 heavy (non-hydrogen) atoms. The van der Waals surface area contributed by atoms with Crippen molar-refractivity contribution in [3.63, 3.8) is 0 Å². The first kappa shape index (κ1) is 23.0. The molecule has 0 N–H and O–H groups in total. The van der Waals surface area contributed by atoms with Crippen LogP contribution in [0, 0.1) is 0 Å². The average molecular weight is 617 g/mol. The predicted octanol–water partition coefficient (Wildman–Crippen LogP) is 11.7. The van der Waals surface area contributed by atoms with Crippen LogP contribution in [0.25, 0.3) is 88.7 Å². The van der Waals surface area contributed by atoms with Gasteiger partial charge in [0.2, 0.25) is 0 Å². The van der Waals surface area contributed by atoms with Crippen LogP contribution in [-0.2, 0) is 0 Å². The molecule has 1 aromatic heterocycles. The molecule has 3 nitrogen and oxygen atoms in total. The van der Waals surface area contributed by atoms with Gasteiger partial charge in [0.15, 0.2) is 17.5 Å². The van der Waals surface area contributed by atoms with Crippen molar-refractivity contribution < 1.29 is 6.85 Å². The molecule has 0 aliphatic carbocycles. The maximum Gasteiger partial charge on any atom is 0.164 e. The molecule has 224 valence electrons. The van der Waals surface area contributed by atoms with Gasteiger partial charge in [-0.15, -0.1) is 0 Å². The van der Waals surface area contributed by atoms with E-state index in [9.17, 15) is 0 Å². The van der Waals surface area contributed by atoms with Gasteiger partial charge in [-0.3, -0.25) is 0 Å². The fraction of sp³-hybridized carbons (Fsp3) is 0. The summed E-state index contributed by atoms with van der Waals surface area (Å²) in [4.78, 5) is 15.3. The number of fused-ring (bicyclic) bond motifs is 3. The number of hydrogen-bond donors (Lipinski definition) is 0. The third-order valence-electron chi connectivity index (χ3n) is 8.78. The SMILES string of the molecule is [2H]c1c([2H])c([2H])c(-c2ccc3cc(-c4cccc(-c5nc(-c6cccc7ccccc67)nc(-c6cccc7ccccc67)n5)c4)ccc3c2)c([2H])c1[2H]. The van der Waals surface area contributed by atoms with Crippen molar-refractivity contribution in [3.05, 3.63) is 176 Å². The smallest absolute Gasteiger partial charge is 0.164 e. The second kappa shape index (κ2) is 11.7. The number of hydrogen-bond acceptors (Lipinski definition) is 3. The van der Waals surface area contributed by atoms with Crippen LogP contribution in [0.5, 0.6) is 0 Å². The molecule has 3 heteroatoms. The van der Waals surface area contributed by atoms with Gasteiger partial charge in [0, 0.05) is 16.7 Å².